The highest BCUT2D eigenvalue weighted by Gasteiger charge is 2.13. The molecule has 3 aromatic rings. The standard InChI is InChI=1S/C15H9N5O2/c16-10-12(9-11-5-1-3-7-14(11)20(21)22)19-15-8-4-2-6-13(15)17-18-19/h1-9H/b12-9-. The quantitative estimate of drug-likeness (QED) is 0.420. The van der Waals surface area contributed by atoms with Gasteiger partial charge in [0.25, 0.3) is 5.69 Å². The first-order valence-corrected chi connectivity index (χ1v) is 6.37. The molecule has 106 valence electrons. The summed E-state index contributed by atoms with van der Waals surface area (Å²) in [6.45, 7) is 0. The van der Waals surface area contributed by atoms with E-state index in [1.165, 1.54) is 16.8 Å². The minimum absolute atomic E-state index is 0.0697. The van der Waals surface area contributed by atoms with Crippen molar-refractivity contribution in [2.24, 2.45) is 0 Å². The van der Waals surface area contributed by atoms with Crippen molar-refractivity contribution in [2.45, 2.75) is 0 Å². The van der Waals surface area contributed by atoms with E-state index in [1.807, 2.05) is 18.2 Å². The van der Waals surface area contributed by atoms with Crippen LogP contribution in [0.2, 0.25) is 0 Å². The van der Waals surface area contributed by atoms with Gasteiger partial charge < -0.3 is 0 Å². The van der Waals surface area contributed by atoms with E-state index in [1.54, 1.807) is 30.3 Å². The van der Waals surface area contributed by atoms with Gasteiger partial charge in [0.1, 0.15) is 17.3 Å². The summed E-state index contributed by atoms with van der Waals surface area (Å²) in [5, 5.41) is 28.3. The Morgan fingerprint density at radius 1 is 1.23 bits per heavy atom. The van der Waals surface area contributed by atoms with E-state index in [0.29, 0.717) is 16.6 Å². The maximum Gasteiger partial charge on any atom is 0.276 e. The molecule has 7 nitrogen and oxygen atoms in total. The van der Waals surface area contributed by atoms with E-state index in [9.17, 15) is 15.4 Å². The largest absolute Gasteiger partial charge is 0.276 e. The van der Waals surface area contributed by atoms with Crippen molar-refractivity contribution in [3.63, 3.8) is 0 Å². The topological polar surface area (TPSA) is 97.6 Å². The molecule has 0 radical (unpaired) electrons. The Kier molecular flexibility index (Phi) is 3.34. The first kappa shape index (κ1) is 13.5. The van der Waals surface area contributed by atoms with Crippen molar-refractivity contribution in [1.82, 2.24) is 15.0 Å². The normalized spacial score (nSPS) is 11.3. The Bertz CT molecular complexity index is 936. The van der Waals surface area contributed by atoms with Gasteiger partial charge in [0.15, 0.2) is 0 Å². The first-order chi connectivity index (χ1) is 10.7. The van der Waals surface area contributed by atoms with Gasteiger partial charge >= 0.3 is 0 Å². The summed E-state index contributed by atoms with van der Waals surface area (Å²) >= 11 is 0. The van der Waals surface area contributed by atoms with Gasteiger partial charge in [-0.3, -0.25) is 10.1 Å². The van der Waals surface area contributed by atoms with Crippen LogP contribution in [0.15, 0.2) is 48.5 Å². The Morgan fingerprint density at radius 2 is 1.95 bits per heavy atom. The zero-order chi connectivity index (χ0) is 15.5. The van der Waals surface area contributed by atoms with Crippen molar-refractivity contribution >= 4 is 28.5 Å². The van der Waals surface area contributed by atoms with Crippen LogP contribution in [0.3, 0.4) is 0 Å². The fourth-order valence-corrected chi connectivity index (χ4v) is 2.11. The van der Waals surface area contributed by atoms with Crippen molar-refractivity contribution in [2.75, 3.05) is 0 Å². The van der Waals surface area contributed by atoms with Crippen molar-refractivity contribution in [3.8, 4) is 6.07 Å². The fourth-order valence-electron chi connectivity index (χ4n) is 2.11. The second kappa shape index (κ2) is 5.46. The Hall–Kier alpha value is -3.53. The molecule has 0 atom stereocenters. The lowest BCUT2D eigenvalue weighted by atomic mass is 10.1. The molecule has 1 heterocycles. The number of nitrogens with zero attached hydrogens (tertiary/aromatic N) is 5. The van der Waals surface area contributed by atoms with Crippen molar-refractivity contribution in [1.29, 1.82) is 5.26 Å². The van der Waals surface area contributed by atoms with E-state index in [0.717, 1.165) is 0 Å². The lowest BCUT2D eigenvalue weighted by Gasteiger charge is -2.01. The zero-order valence-electron chi connectivity index (χ0n) is 11.2. The monoisotopic (exact) mass is 291 g/mol. The molecular formula is C15H9N5O2. The second-order valence-corrected chi connectivity index (χ2v) is 4.45. The summed E-state index contributed by atoms with van der Waals surface area (Å²) in [4.78, 5) is 10.6. The predicted octanol–water partition coefficient (Wildman–Crippen LogP) is 2.86. The Morgan fingerprint density at radius 3 is 2.73 bits per heavy atom. The van der Waals surface area contributed by atoms with Gasteiger partial charge in [-0.2, -0.15) is 5.26 Å². The van der Waals surface area contributed by atoms with Gasteiger partial charge in [-0.15, -0.1) is 5.10 Å². The average Bonchev–Trinajstić information content (AvgIpc) is 2.97. The number of benzene rings is 2. The van der Waals surface area contributed by atoms with E-state index in [4.69, 9.17) is 0 Å². The molecule has 0 unspecified atom stereocenters. The number of aromatic nitrogens is 3. The van der Waals surface area contributed by atoms with E-state index < -0.39 is 4.92 Å². The van der Waals surface area contributed by atoms with Crippen LogP contribution in [0, 0.1) is 21.4 Å². The smallest absolute Gasteiger partial charge is 0.258 e. The van der Waals surface area contributed by atoms with Crippen LogP contribution in [0.4, 0.5) is 5.69 Å². The summed E-state index contributed by atoms with van der Waals surface area (Å²) in [6, 6.07) is 15.4. The maximum atomic E-state index is 11.0. The van der Waals surface area contributed by atoms with Gasteiger partial charge in [0.05, 0.1) is 16.0 Å². The van der Waals surface area contributed by atoms with Gasteiger partial charge in [-0.1, -0.05) is 29.5 Å². The van der Waals surface area contributed by atoms with E-state index >= 15 is 0 Å². The lowest BCUT2D eigenvalue weighted by Crippen LogP contribution is -1.98. The number of rotatable bonds is 3. The molecule has 0 aliphatic rings. The minimum Gasteiger partial charge on any atom is -0.258 e. The summed E-state index contributed by atoms with van der Waals surface area (Å²) in [5.41, 5.74) is 1.73. The van der Waals surface area contributed by atoms with Crippen LogP contribution in [0.1, 0.15) is 5.56 Å². The number of fused-ring (bicyclic) bond motifs is 1. The van der Waals surface area contributed by atoms with Crippen LogP contribution in [0.25, 0.3) is 22.8 Å². The highest BCUT2D eigenvalue weighted by molar-refractivity contribution is 5.87. The number of para-hydroxylation sites is 2. The fraction of sp³-hybridized carbons (Fsp3) is 0. The molecule has 3 rings (SSSR count). The van der Waals surface area contributed by atoms with Gasteiger partial charge in [-0.25, -0.2) is 4.68 Å². The molecule has 0 spiro atoms. The zero-order valence-corrected chi connectivity index (χ0v) is 11.2. The lowest BCUT2D eigenvalue weighted by molar-refractivity contribution is -0.385. The average molecular weight is 291 g/mol. The Labute approximate surface area is 124 Å². The minimum atomic E-state index is -0.486. The highest BCUT2D eigenvalue weighted by atomic mass is 16.6. The molecule has 0 amide bonds. The maximum absolute atomic E-state index is 11.0. The first-order valence-electron chi connectivity index (χ1n) is 6.37. The molecule has 7 heteroatoms. The summed E-state index contributed by atoms with van der Waals surface area (Å²) in [7, 11) is 0. The molecule has 22 heavy (non-hydrogen) atoms. The van der Waals surface area contributed by atoms with Crippen LogP contribution in [-0.2, 0) is 0 Å². The molecule has 0 aliphatic heterocycles. The van der Waals surface area contributed by atoms with Crippen LogP contribution < -0.4 is 0 Å². The van der Waals surface area contributed by atoms with Gasteiger partial charge in [-0.05, 0) is 24.3 Å². The van der Waals surface area contributed by atoms with Gasteiger partial charge in [0.2, 0.25) is 0 Å². The molecule has 0 N–H and O–H groups in total. The highest BCUT2D eigenvalue weighted by Crippen LogP contribution is 2.23. The molecule has 0 saturated carbocycles. The van der Waals surface area contributed by atoms with E-state index in [2.05, 4.69) is 10.3 Å². The SMILES string of the molecule is N#C/C(=C/c1ccccc1[N+](=O)[O-])n1nnc2ccccc21. The molecule has 0 bridgehead atoms. The second-order valence-electron chi connectivity index (χ2n) is 4.45. The molecule has 0 fully saturated rings. The molecular weight excluding hydrogens is 282 g/mol. The number of hydrogen-bond donors (Lipinski definition) is 0. The number of hydrogen-bond acceptors (Lipinski definition) is 5. The van der Waals surface area contributed by atoms with Crippen LogP contribution in [-0.4, -0.2) is 19.9 Å². The molecule has 2 aromatic carbocycles. The van der Waals surface area contributed by atoms with E-state index in [-0.39, 0.29) is 11.4 Å². The number of nitro groups is 1. The number of nitro benzene ring substituents is 1. The Balaban J connectivity index is 2.17. The van der Waals surface area contributed by atoms with Crippen molar-refractivity contribution in [3.05, 3.63) is 64.2 Å². The van der Waals surface area contributed by atoms with Gasteiger partial charge in [0, 0.05) is 6.07 Å². The third kappa shape index (κ3) is 2.29. The molecule has 1 aromatic heterocycles. The third-order valence-corrected chi connectivity index (χ3v) is 3.12. The van der Waals surface area contributed by atoms with Crippen LogP contribution >= 0.6 is 0 Å². The predicted molar refractivity (Wildman–Crippen MR) is 80.4 cm³/mol. The molecule has 0 saturated heterocycles. The number of allylic oxidation sites excluding steroid dienone is 1. The van der Waals surface area contributed by atoms with Crippen molar-refractivity contribution < 1.29 is 4.92 Å². The molecule has 0 aliphatic carbocycles. The van der Waals surface area contributed by atoms with Crippen LogP contribution in [0.5, 0.6) is 0 Å². The number of nitriles is 1. The summed E-state index contributed by atoms with van der Waals surface area (Å²) in [5.74, 6) is 0. The summed E-state index contributed by atoms with van der Waals surface area (Å²) in [6.07, 6.45) is 1.43. The summed E-state index contributed by atoms with van der Waals surface area (Å²) < 4.78 is 1.37. The third-order valence-electron chi connectivity index (χ3n) is 3.12.